The zero-order valence-corrected chi connectivity index (χ0v) is 7.98. The summed E-state index contributed by atoms with van der Waals surface area (Å²) in [7, 11) is 0. The Kier molecular flexibility index (Phi) is 4.21. The van der Waals surface area contributed by atoms with Crippen LogP contribution < -0.4 is 5.73 Å². The van der Waals surface area contributed by atoms with Crippen LogP contribution in [-0.2, 0) is 6.54 Å². The molecule has 0 fully saturated rings. The molecule has 0 bridgehead atoms. The molecule has 3 N–H and O–H groups in total. The van der Waals surface area contributed by atoms with Gasteiger partial charge in [0.2, 0.25) is 0 Å². The van der Waals surface area contributed by atoms with Crippen molar-refractivity contribution in [2.24, 2.45) is 5.73 Å². The summed E-state index contributed by atoms with van der Waals surface area (Å²) in [4.78, 5) is 0.814. The fourth-order valence-corrected chi connectivity index (χ4v) is 1.74. The summed E-state index contributed by atoms with van der Waals surface area (Å²) in [6, 6.07) is 4.70. The van der Waals surface area contributed by atoms with Crippen molar-refractivity contribution in [1.29, 1.82) is 0 Å². The van der Waals surface area contributed by atoms with Gasteiger partial charge in [-0.05, 0) is 23.8 Å². The maximum absolute atomic E-state index is 12.9. The molecule has 0 saturated carbocycles. The molecule has 0 aliphatic carbocycles. The maximum Gasteiger partial charge on any atom is 0.124 e. The zero-order valence-electron chi connectivity index (χ0n) is 7.16. The van der Waals surface area contributed by atoms with Crippen LogP contribution in [0.1, 0.15) is 5.56 Å². The van der Waals surface area contributed by atoms with Gasteiger partial charge in [-0.1, -0.05) is 0 Å². The molecule has 0 aliphatic heterocycles. The highest BCUT2D eigenvalue weighted by molar-refractivity contribution is 7.99. The van der Waals surface area contributed by atoms with Crippen molar-refractivity contribution in [1.82, 2.24) is 0 Å². The van der Waals surface area contributed by atoms with Crippen molar-refractivity contribution in [2.45, 2.75) is 11.4 Å². The fourth-order valence-electron chi connectivity index (χ4n) is 0.985. The van der Waals surface area contributed by atoms with Crippen molar-refractivity contribution >= 4 is 11.8 Å². The van der Waals surface area contributed by atoms with Crippen molar-refractivity contribution in [3.05, 3.63) is 29.6 Å². The molecule has 1 aromatic rings. The van der Waals surface area contributed by atoms with Gasteiger partial charge in [-0.15, -0.1) is 11.8 Å². The number of nitrogens with two attached hydrogens (primary N) is 1. The minimum atomic E-state index is -0.275. The lowest BCUT2D eigenvalue weighted by Crippen LogP contribution is -1.97. The second kappa shape index (κ2) is 5.21. The third-order valence-corrected chi connectivity index (χ3v) is 2.48. The van der Waals surface area contributed by atoms with E-state index in [1.54, 1.807) is 0 Å². The second-order valence-electron chi connectivity index (χ2n) is 2.57. The average Bonchev–Trinajstić information content (AvgIpc) is 2.14. The summed E-state index contributed by atoms with van der Waals surface area (Å²) in [5, 5.41) is 8.58. The molecule has 0 spiro atoms. The van der Waals surface area contributed by atoms with E-state index in [9.17, 15) is 4.39 Å². The highest BCUT2D eigenvalue weighted by Gasteiger charge is 1.99. The molecule has 0 radical (unpaired) electrons. The second-order valence-corrected chi connectivity index (χ2v) is 3.74. The lowest BCUT2D eigenvalue weighted by molar-refractivity contribution is 0.322. The summed E-state index contributed by atoms with van der Waals surface area (Å²) in [5.74, 6) is 0.302. The Balaban J connectivity index is 2.76. The number of rotatable bonds is 4. The fraction of sp³-hybridized carbons (Fsp3) is 0.333. The third-order valence-electron chi connectivity index (χ3n) is 1.53. The molecule has 72 valence electrons. The molecule has 0 amide bonds. The number of aliphatic hydroxyl groups excluding tert-OH is 1. The average molecular weight is 201 g/mol. The van der Waals surface area contributed by atoms with Gasteiger partial charge in [-0.2, -0.15) is 0 Å². The van der Waals surface area contributed by atoms with Crippen LogP contribution in [0.3, 0.4) is 0 Å². The van der Waals surface area contributed by atoms with Gasteiger partial charge in [-0.3, -0.25) is 0 Å². The van der Waals surface area contributed by atoms with Gasteiger partial charge in [0, 0.05) is 17.2 Å². The van der Waals surface area contributed by atoms with Crippen LogP contribution in [0.15, 0.2) is 23.1 Å². The minimum absolute atomic E-state index is 0.0964. The first-order valence-electron chi connectivity index (χ1n) is 3.99. The number of hydrogen-bond acceptors (Lipinski definition) is 3. The van der Waals surface area contributed by atoms with Crippen LogP contribution in [0.2, 0.25) is 0 Å². The summed E-state index contributed by atoms with van der Waals surface area (Å²) < 4.78 is 12.9. The Bertz CT molecular complexity index is 280. The number of hydrogen-bond donors (Lipinski definition) is 2. The van der Waals surface area contributed by atoms with Crippen molar-refractivity contribution in [2.75, 3.05) is 12.4 Å². The Morgan fingerprint density at radius 3 is 2.77 bits per heavy atom. The Labute approximate surface area is 80.9 Å². The van der Waals surface area contributed by atoms with E-state index in [0.29, 0.717) is 12.3 Å². The van der Waals surface area contributed by atoms with Gasteiger partial charge in [0.1, 0.15) is 5.82 Å². The molecule has 0 aromatic heterocycles. The SMILES string of the molecule is NCc1cc(F)cc(SCCO)c1. The predicted molar refractivity (Wildman–Crippen MR) is 52.1 cm³/mol. The molecule has 2 nitrogen and oxygen atoms in total. The first kappa shape index (κ1) is 10.5. The van der Waals surface area contributed by atoms with E-state index in [-0.39, 0.29) is 12.4 Å². The monoisotopic (exact) mass is 201 g/mol. The topological polar surface area (TPSA) is 46.2 Å². The lowest BCUT2D eigenvalue weighted by Gasteiger charge is -2.02. The normalized spacial score (nSPS) is 10.4. The van der Waals surface area contributed by atoms with Crippen molar-refractivity contribution < 1.29 is 9.50 Å². The van der Waals surface area contributed by atoms with E-state index in [0.717, 1.165) is 10.5 Å². The van der Waals surface area contributed by atoms with Gasteiger partial charge in [0.05, 0.1) is 6.61 Å². The minimum Gasteiger partial charge on any atom is -0.396 e. The predicted octanol–water partition coefficient (Wildman–Crippen LogP) is 1.37. The highest BCUT2D eigenvalue weighted by Crippen LogP contribution is 2.20. The van der Waals surface area contributed by atoms with Gasteiger partial charge < -0.3 is 10.8 Å². The van der Waals surface area contributed by atoms with E-state index in [1.807, 2.05) is 6.07 Å². The third kappa shape index (κ3) is 3.34. The molecule has 1 rings (SSSR count). The first-order valence-corrected chi connectivity index (χ1v) is 4.98. The molecule has 4 heteroatoms. The molecule has 0 atom stereocenters. The maximum atomic E-state index is 12.9. The molecule has 0 heterocycles. The molecule has 13 heavy (non-hydrogen) atoms. The summed E-state index contributed by atoms with van der Waals surface area (Å²) in [6.07, 6.45) is 0. The summed E-state index contributed by atoms with van der Waals surface area (Å²) in [6.45, 7) is 0.434. The lowest BCUT2D eigenvalue weighted by atomic mass is 10.2. The molecule has 0 aliphatic rings. The Morgan fingerprint density at radius 1 is 1.38 bits per heavy atom. The van der Waals surface area contributed by atoms with E-state index in [1.165, 1.54) is 23.9 Å². The number of halogens is 1. The van der Waals surface area contributed by atoms with Crippen LogP contribution in [0.4, 0.5) is 4.39 Å². The number of thioether (sulfide) groups is 1. The Morgan fingerprint density at radius 2 is 2.15 bits per heavy atom. The van der Waals surface area contributed by atoms with Crippen LogP contribution in [0.25, 0.3) is 0 Å². The van der Waals surface area contributed by atoms with E-state index in [2.05, 4.69) is 0 Å². The van der Waals surface area contributed by atoms with Crippen molar-refractivity contribution in [3.8, 4) is 0 Å². The van der Waals surface area contributed by atoms with Crippen LogP contribution in [0.5, 0.6) is 0 Å². The summed E-state index contributed by atoms with van der Waals surface area (Å²) >= 11 is 1.42. The van der Waals surface area contributed by atoms with E-state index < -0.39 is 0 Å². The quantitative estimate of drug-likeness (QED) is 0.723. The van der Waals surface area contributed by atoms with Gasteiger partial charge in [-0.25, -0.2) is 4.39 Å². The number of benzene rings is 1. The van der Waals surface area contributed by atoms with Crippen molar-refractivity contribution in [3.63, 3.8) is 0 Å². The van der Waals surface area contributed by atoms with Gasteiger partial charge in [0.25, 0.3) is 0 Å². The largest absolute Gasteiger partial charge is 0.396 e. The Hall–Kier alpha value is -0.580. The molecular weight excluding hydrogens is 189 g/mol. The van der Waals surface area contributed by atoms with Crippen LogP contribution in [0, 0.1) is 5.82 Å². The van der Waals surface area contributed by atoms with Crippen LogP contribution >= 0.6 is 11.8 Å². The molecule has 1 aromatic carbocycles. The standard InChI is InChI=1S/C9H12FNOS/c10-8-3-7(6-11)4-9(5-8)13-2-1-12/h3-5,12H,1-2,6,11H2. The van der Waals surface area contributed by atoms with Gasteiger partial charge in [0.15, 0.2) is 0 Å². The highest BCUT2D eigenvalue weighted by atomic mass is 32.2. The summed E-state index contributed by atoms with van der Waals surface area (Å²) in [5.41, 5.74) is 6.17. The molecular formula is C9H12FNOS. The zero-order chi connectivity index (χ0) is 9.68. The number of aliphatic hydroxyl groups is 1. The first-order chi connectivity index (χ1) is 6.26. The van der Waals surface area contributed by atoms with Crippen LogP contribution in [-0.4, -0.2) is 17.5 Å². The van der Waals surface area contributed by atoms with E-state index in [4.69, 9.17) is 10.8 Å². The van der Waals surface area contributed by atoms with Gasteiger partial charge >= 0.3 is 0 Å². The smallest absolute Gasteiger partial charge is 0.124 e. The molecule has 0 unspecified atom stereocenters. The van der Waals surface area contributed by atoms with E-state index >= 15 is 0 Å². The molecule has 0 saturated heterocycles.